The normalized spacial score (nSPS) is 10.3. The minimum atomic E-state index is -0.133. The Hall–Kier alpha value is -2.30. The molecule has 0 unspecified atom stereocenters. The van der Waals surface area contributed by atoms with Crippen molar-refractivity contribution in [2.75, 3.05) is 12.8 Å². The fraction of sp³-hybridized carbons (Fsp3) is 0.231. The summed E-state index contributed by atoms with van der Waals surface area (Å²) in [5, 5.41) is 4.08. The molecule has 0 spiro atoms. The van der Waals surface area contributed by atoms with E-state index in [4.69, 9.17) is 10.5 Å². The number of rotatable bonds is 4. The van der Waals surface area contributed by atoms with E-state index in [0.29, 0.717) is 12.4 Å². The van der Waals surface area contributed by atoms with Crippen molar-refractivity contribution < 1.29 is 4.74 Å². The van der Waals surface area contributed by atoms with Crippen molar-refractivity contribution in [3.63, 3.8) is 0 Å². The average molecular weight is 245 g/mol. The van der Waals surface area contributed by atoms with Crippen LogP contribution in [-0.2, 0) is 13.0 Å². The first-order chi connectivity index (χ1) is 8.69. The molecule has 2 rings (SSSR count). The van der Waals surface area contributed by atoms with Gasteiger partial charge in [0.2, 0.25) is 5.88 Å². The Balaban J connectivity index is 2.10. The van der Waals surface area contributed by atoms with E-state index in [2.05, 4.69) is 5.10 Å². The number of ether oxygens (including phenoxy) is 1. The second-order valence-corrected chi connectivity index (χ2v) is 3.93. The highest BCUT2D eigenvalue weighted by atomic mass is 16.5. The second kappa shape index (κ2) is 5.35. The predicted molar refractivity (Wildman–Crippen MR) is 69.6 cm³/mol. The molecule has 1 aromatic heterocycles. The average Bonchev–Trinajstić information content (AvgIpc) is 2.40. The Morgan fingerprint density at radius 3 is 2.61 bits per heavy atom. The molecule has 18 heavy (non-hydrogen) atoms. The van der Waals surface area contributed by atoms with Crippen molar-refractivity contribution in [1.29, 1.82) is 0 Å². The van der Waals surface area contributed by atoms with Crippen molar-refractivity contribution in [2.45, 2.75) is 13.0 Å². The van der Waals surface area contributed by atoms with Gasteiger partial charge >= 0.3 is 0 Å². The van der Waals surface area contributed by atoms with Crippen LogP contribution < -0.4 is 16.0 Å². The molecule has 0 fully saturated rings. The van der Waals surface area contributed by atoms with Crippen LogP contribution in [0.4, 0.5) is 5.69 Å². The zero-order chi connectivity index (χ0) is 13.0. The number of hydrogen-bond acceptors (Lipinski definition) is 4. The standard InChI is InChI=1S/C13H15N3O2/c1-18-12-6-7-13(17)16(15-12)9-8-10-2-4-11(14)5-3-10/h2-7H,8-9,14H2,1H3. The van der Waals surface area contributed by atoms with Crippen LogP contribution in [0.5, 0.6) is 5.88 Å². The van der Waals surface area contributed by atoms with Crippen LogP contribution >= 0.6 is 0 Å². The van der Waals surface area contributed by atoms with Gasteiger partial charge in [-0.2, -0.15) is 0 Å². The molecule has 5 heteroatoms. The van der Waals surface area contributed by atoms with Crippen LogP contribution in [0.1, 0.15) is 5.56 Å². The molecule has 0 atom stereocenters. The van der Waals surface area contributed by atoms with Gasteiger partial charge in [0.25, 0.3) is 5.56 Å². The Kier molecular flexibility index (Phi) is 3.62. The minimum absolute atomic E-state index is 0.133. The Morgan fingerprint density at radius 1 is 1.22 bits per heavy atom. The van der Waals surface area contributed by atoms with Crippen LogP contribution in [0.25, 0.3) is 0 Å². The van der Waals surface area contributed by atoms with Crippen LogP contribution in [-0.4, -0.2) is 16.9 Å². The summed E-state index contributed by atoms with van der Waals surface area (Å²) in [6.07, 6.45) is 0.723. The highest BCUT2D eigenvalue weighted by molar-refractivity contribution is 5.39. The number of anilines is 1. The highest BCUT2D eigenvalue weighted by Crippen LogP contribution is 2.07. The van der Waals surface area contributed by atoms with E-state index in [-0.39, 0.29) is 5.56 Å². The number of benzene rings is 1. The van der Waals surface area contributed by atoms with E-state index in [1.807, 2.05) is 24.3 Å². The van der Waals surface area contributed by atoms with Gasteiger partial charge in [0.15, 0.2) is 0 Å². The molecule has 2 aromatic rings. The third kappa shape index (κ3) is 2.88. The molecule has 1 aromatic carbocycles. The molecule has 0 aliphatic heterocycles. The first kappa shape index (κ1) is 12.2. The van der Waals surface area contributed by atoms with Gasteiger partial charge in [-0.25, -0.2) is 4.68 Å². The van der Waals surface area contributed by atoms with E-state index in [9.17, 15) is 4.79 Å². The summed E-state index contributed by atoms with van der Waals surface area (Å²) in [5.74, 6) is 0.437. The molecule has 94 valence electrons. The first-order valence-electron chi connectivity index (χ1n) is 5.65. The molecule has 2 N–H and O–H groups in total. The maximum atomic E-state index is 11.6. The van der Waals surface area contributed by atoms with Gasteiger partial charge in [0.1, 0.15) is 0 Å². The number of nitrogens with zero attached hydrogens (tertiary/aromatic N) is 2. The Morgan fingerprint density at radius 2 is 1.94 bits per heavy atom. The second-order valence-electron chi connectivity index (χ2n) is 3.93. The van der Waals surface area contributed by atoms with Crippen LogP contribution in [0.2, 0.25) is 0 Å². The summed E-state index contributed by atoms with van der Waals surface area (Å²) >= 11 is 0. The SMILES string of the molecule is COc1ccc(=O)n(CCc2ccc(N)cc2)n1. The Labute approximate surface area is 105 Å². The quantitative estimate of drug-likeness (QED) is 0.818. The zero-order valence-electron chi connectivity index (χ0n) is 10.2. The van der Waals surface area contributed by atoms with E-state index < -0.39 is 0 Å². The summed E-state index contributed by atoms with van der Waals surface area (Å²) in [5.41, 5.74) is 7.32. The number of methoxy groups -OCH3 is 1. The van der Waals surface area contributed by atoms with Crippen LogP contribution in [0.3, 0.4) is 0 Å². The van der Waals surface area contributed by atoms with Gasteiger partial charge in [0, 0.05) is 24.4 Å². The van der Waals surface area contributed by atoms with Crippen molar-refractivity contribution in [3.05, 3.63) is 52.3 Å². The van der Waals surface area contributed by atoms with Crippen molar-refractivity contribution in [1.82, 2.24) is 9.78 Å². The fourth-order valence-corrected chi connectivity index (χ4v) is 1.62. The van der Waals surface area contributed by atoms with Crippen molar-refractivity contribution in [3.8, 4) is 5.88 Å². The number of hydrogen-bond donors (Lipinski definition) is 1. The number of aromatic nitrogens is 2. The molecule has 0 saturated carbocycles. The van der Waals surface area contributed by atoms with Gasteiger partial charge < -0.3 is 10.5 Å². The van der Waals surface area contributed by atoms with Crippen molar-refractivity contribution >= 4 is 5.69 Å². The lowest BCUT2D eigenvalue weighted by molar-refractivity contribution is 0.375. The van der Waals surface area contributed by atoms with Gasteiger partial charge in [-0.3, -0.25) is 4.79 Å². The maximum absolute atomic E-state index is 11.6. The molecule has 0 amide bonds. The van der Waals surface area contributed by atoms with Crippen LogP contribution in [0.15, 0.2) is 41.2 Å². The fourth-order valence-electron chi connectivity index (χ4n) is 1.62. The molecule has 0 aliphatic carbocycles. The summed E-state index contributed by atoms with van der Waals surface area (Å²) < 4.78 is 6.39. The lowest BCUT2D eigenvalue weighted by atomic mass is 10.1. The first-order valence-corrected chi connectivity index (χ1v) is 5.65. The Bertz CT molecular complexity index is 576. The molecule has 0 saturated heterocycles. The lowest BCUT2D eigenvalue weighted by Gasteiger charge is -2.06. The van der Waals surface area contributed by atoms with Crippen molar-refractivity contribution in [2.24, 2.45) is 0 Å². The molecule has 5 nitrogen and oxygen atoms in total. The van der Waals surface area contributed by atoms with Gasteiger partial charge in [-0.05, 0) is 24.1 Å². The largest absolute Gasteiger partial charge is 0.480 e. The predicted octanol–water partition coefficient (Wildman–Crippen LogP) is 1.08. The summed E-state index contributed by atoms with van der Waals surface area (Å²) in [6, 6.07) is 10.6. The minimum Gasteiger partial charge on any atom is -0.480 e. The zero-order valence-corrected chi connectivity index (χ0v) is 10.2. The maximum Gasteiger partial charge on any atom is 0.266 e. The summed E-state index contributed by atoms with van der Waals surface area (Å²) in [7, 11) is 1.52. The van der Waals surface area contributed by atoms with Gasteiger partial charge in [-0.1, -0.05) is 12.1 Å². The topological polar surface area (TPSA) is 70.1 Å². The molecular weight excluding hydrogens is 230 g/mol. The van der Waals surface area contributed by atoms with E-state index >= 15 is 0 Å². The van der Waals surface area contributed by atoms with E-state index in [1.165, 1.54) is 17.9 Å². The lowest BCUT2D eigenvalue weighted by Crippen LogP contribution is -2.23. The number of nitrogen functional groups attached to an aromatic ring is 1. The molecule has 0 radical (unpaired) electrons. The highest BCUT2D eigenvalue weighted by Gasteiger charge is 2.01. The third-order valence-electron chi connectivity index (χ3n) is 2.64. The van der Waals surface area contributed by atoms with E-state index in [0.717, 1.165) is 17.7 Å². The monoisotopic (exact) mass is 245 g/mol. The molecule has 1 heterocycles. The molecule has 0 aliphatic rings. The number of aryl methyl sites for hydroxylation is 2. The summed E-state index contributed by atoms with van der Waals surface area (Å²) in [4.78, 5) is 11.6. The third-order valence-corrected chi connectivity index (χ3v) is 2.64. The smallest absolute Gasteiger partial charge is 0.266 e. The van der Waals surface area contributed by atoms with Gasteiger partial charge in [0.05, 0.1) is 7.11 Å². The summed E-state index contributed by atoms with van der Waals surface area (Å²) in [6.45, 7) is 0.514. The van der Waals surface area contributed by atoms with Gasteiger partial charge in [-0.15, -0.1) is 5.10 Å². The number of nitrogens with two attached hydrogens (primary N) is 1. The molecular formula is C13H15N3O2. The van der Waals surface area contributed by atoms with E-state index in [1.54, 1.807) is 6.07 Å². The van der Waals surface area contributed by atoms with Crippen LogP contribution in [0, 0.1) is 0 Å². The molecule has 0 bridgehead atoms.